The molecule has 0 radical (unpaired) electrons. The summed E-state index contributed by atoms with van der Waals surface area (Å²) in [5.74, 6) is -0.465. The molecular formula is C23H20ClN5O3S. The highest BCUT2D eigenvalue weighted by molar-refractivity contribution is 7.93. The number of hydrogen-bond donors (Lipinski definition) is 1. The molecule has 0 fully saturated rings. The van der Waals surface area contributed by atoms with E-state index in [1.54, 1.807) is 29.9 Å². The molecule has 0 saturated carbocycles. The van der Waals surface area contributed by atoms with Gasteiger partial charge in [0.2, 0.25) is 0 Å². The number of hydrogen-bond acceptors (Lipinski definition) is 5. The van der Waals surface area contributed by atoms with Crippen LogP contribution in [0.1, 0.15) is 21.6 Å². The Morgan fingerprint density at radius 1 is 1.15 bits per heavy atom. The van der Waals surface area contributed by atoms with Gasteiger partial charge in [0.1, 0.15) is 4.90 Å². The Balaban J connectivity index is 1.46. The predicted octanol–water partition coefficient (Wildman–Crippen LogP) is 3.93. The van der Waals surface area contributed by atoms with E-state index in [0.717, 1.165) is 16.6 Å². The van der Waals surface area contributed by atoms with Gasteiger partial charge in [-0.05, 0) is 49.2 Å². The van der Waals surface area contributed by atoms with Crippen molar-refractivity contribution in [3.63, 3.8) is 0 Å². The fourth-order valence-electron chi connectivity index (χ4n) is 4.10. The number of carbonyl (C=O) groups is 1. The van der Waals surface area contributed by atoms with Gasteiger partial charge in [-0.3, -0.25) is 13.8 Å². The van der Waals surface area contributed by atoms with Gasteiger partial charge in [0.15, 0.2) is 5.65 Å². The number of nitrogens with one attached hydrogen (secondary N) is 1. The van der Waals surface area contributed by atoms with Gasteiger partial charge in [-0.1, -0.05) is 29.8 Å². The van der Waals surface area contributed by atoms with Crippen LogP contribution < -0.4 is 9.62 Å². The van der Waals surface area contributed by atoms with Gasteiger partial charge in [0.05, 0.1) is 28.3 Å². The smallest absolute Gasteiger partial charge is 0.265 e. The van der Waals surface area contributed by atoms with E-state index < -0.39 is 15.9 Å². The lowest BCUT2D eigenvalue weighted by molar-refractivity contribution is 0.102. The van der Waals surface area contributed by atoms with E-state index in [-0.39, 0.29) is 15.5 Å². The molecule has 0 spiro atoms. The fourth-order valence-corrected chi connectivity index (χ4v) is 6.10. The molecule has 33 heavy (non-hydrogen) atoms. The minimum atomic E-state index is -3.95. The summed E-state index contributed by atoms with van der Waals surface area (Å²) in [4.78, 5) is 17.2. The minimum absolute atomic E-state index is 0.0602. The molecule has 5 rings (SSSR count). The number of halogens is 1. The highest BCUT2D eigenvalue weighted by Crippen LogP contribution is 2.35. The van der Waals surface area contributed by atoms with Gasteiger partial charge in [-0.15, -0.1) is 0 Å². The van der Waals surface area contributed by atoms with Crippen molar-refractivity contribution in [2.75, 3.05) is 16.2 Å². The number of para-hydroxylation sites is 1. The van der Waals surface area contributed by atoms with Crippen molar-refractivity contribution in [3.8, 4) is 0 Å². The molecule has 1 amide bonds. The molecule has 1 aliphatic heterocycles. The van der Waals surface area contributed by atoms with Crippen molar-refractivity contribution in [1.82, 2.24) is 14.8 Å². The zero-order valence-corrected chi connectivity index (χ0v) is 19.5. The molecule has 8 nitrogen and oxygen atoms in total. The van der Waals surface area contributed by atoms with Crippen LogP contribution >= 0.6 is 11.6 Å². The number of sulfonamides is 1. The van der Waals surface area contributed by atoms with E-state index in [0.29, 0.717) is 30.0 Å². The molecular weight excluding hydrogens is 462 g/mol. The number of aromatic nitrogens is 3. The first kappa shape index (κ1) is 21.4. The molecule has 3 heterocycles. The summed E-state index contributed by atoms with van der Waals surface area (Å²) in [6.07, 6.45) is 2.16. The first-order valence-electron chi connectivity index (χ1n) is 10.3. The maximum atomic E-state index is 13.4. The zero-order valence-electron chi connectivity index (χ0n) is 17.9. The lowest BCUT2D eigenvalue weighted by Crippen LogP contribution is -2.29. The van der Waals surface area contributed by atoms with Crippen molar-refractivity contribution < 1.29 is 13.2 Å². The molecule has 1 N–H and O–H groups in total. The topological polar surface area (TPSA) is 97.2 Å². The second kappa shape index (κ2) is 7.86. The number of pyridine rings is 1. The first-order chi connectivity index (χ1) is 15.8. The molecule has 0 saturated heterocycles. The van der Waals surface area contributed by atoms with Crippen LogP contribution in [0.4, 0.5) is 11.4 Å². The molecule has 10 heteroatoms. The summed E-state index contributed by atoms with van der Waals surface area (Å²) >= 11 is 6.28. The summed E-state index contributed by atoms with van der Waals surface area (Å²) in [6.45, 7) is 2.19. The highest BCUT2D eigenvalue weighted by atomic mass is 35.5. The standard InChI is InChI=1S/C23H20ClN5O3S/c1-14-18-12-17(13-25-22(18)28(2)27-14)26-23(30)16-7-8-19(24)21(11-16)33(31,32)29-10-9-15-5-3-4-6-20(15)29/h3-8,11-13H,9-10H2,1-2H3,(H,26,30). The Morgan fingerprint density at radius 3 is 2.76 bits per heavy atom. The lowest BCUT2D eigenvalue weighted by Gasteiger charge is -2.20. The first-order valence-corrected chi connectivity index (χ1v) is 12.1. The molecule has 0 bridgehead atoms. The number of anilines is 2. The predicted molar refractivity (Wildman–Crippen MR) is 127 cm³/mol. The Bertz CT molecular complexity index is 1530. The molecule has 168 valence electrons. The number of aryl methyl sites for hydroxylation is 2. The van der Waals surface area contributed by atoms with Gasteiger partial charge in [0, 0.05) is 24.5 Å². The maximum absolute atomic E-state index is 13.4. The van der Waals surface area contributed by atoms with Crippen LogP contribution in [-0.4, -0.2) is 35.6 Å². The fraction of sp³-hybridized carbons (Fsp3) is 0.174. The monoisotopic (exact) mass is 481 g/mol. The summed E-state index contributed by atoms with van der Waals surface area (Å²) in [5.41, 5.74) is 3.75. The van der Waals surface area contributed by atoms with Crippen LogP contribution in [0.2, 0.25) is 5.02 Å². The lowest BCUT2D eigenvalue weighted by atomic mass is 10.2. The second-order valence-corrected chi connectivity index (χ2v) is 10.1. The van der Waals surface area contributed by atoms with Crippen LogP contribution in [0.5, 0.6) is 0 Å². The molecule has 0 aliphatic carbocycles. The number of amides is 1. The summed E-state index contributed by atoms with van der Waals surface area (Å²) < 4.78 is 29.9. The van der Waals surface area contributed by atoms with E-state index in [4.69, 9.17) is 11.6 Å². The Morgan fingerprint density at radius 2 is 1.94 bits per heavy atom. The highest BCUT2D eigenvalue weighted by Gasteiger charge is 2.32. The van der Waals surface area contributed by atoms with E-state index in [1.807, 2.05) is 19.1 Å². The number of benzene rings is 2. The summed E-state index contributed by atoms with van der Waals surface area (Å²) in [5, 5.41) is 7.99. The summed E-state index contributed by atoms with van der Waals surface area (Å²) in [7, 11) is -2.14. The molecule has 2 aromatic heterocycles. The zero-order chi connectivity index (χ0) is 23.3. The van der Waals surface area contributed by atoms with Gasteiger partial charge >= 0.3 is 0 Å². The second-order valence-electron chi connectivity index (χ2n) is 7.86. The van der Waals surface area contributed by atoms with Gasteiger partial charge in [-0.2, -0.15) is 5.10 Å². The van der Waals surface area contributed by atoms with Crippen LogP contribution in [-0.2, 0) is 23.5 Å². The molecule has 4 aromatic rings. The Hall–Kier alpha value is -3.43. The third-order valence-electron chi connectivity index (χ3n) is 5.73. The van der Waals surface area contributed by atoms with Crippen molar-refractivity contribution in [1.29, 1.82) is 0 Å². The van der Waals surface area contributed by atoms with E-state index >= 15 is 0 Å². The van der Waals surface area contributed by atoms with Crippen molar-refractivity contribution in [2.45, 2.75) is 18.2 Å². The van der Waals surface area contributed by atoms with Gasteiger partial charge in [0.25, 0.3) is 15.9 Å². The van der Waals surface area contributed by atoms with Gasteiger partial charge in [-0.25, -0.2) is 13.4 Å². The van der Waals surface area contributed by atoms with Crippen LogP contribution in [0.25, 0.3) is 11.0 Å². The van der Waals surface area contributed by atoms with Crippen molar-refractivity contribution in [2.24, 2.45) is 7.05 Å². The maximum Gasteiger partial charge on any atom is 0.265 e. The Kier molecular flexibility index (Phi) is 5.10. The van der Waals surface area contributed by atoms with Gasteiger partial charge < -0.3 is 5.32 Å². The Labute approximate surface area is 195 Å². The molecule has 0 atom stereocenters. The summed E-state index contributed by atoms with van der Waals surface area (Å²) in [6, 6.07) is 13.4. The number of fused-ring (bicyclic) bond motifs is 2. The molecule has 2 aromatic carbocycles. The van der Waals surface area contributed by atoms with E-state index in [9.17, 15) is 13.2 Å². The van der Waals surface area contributed by atoms with Crippen molar-refractivity contribution >= 4 is 49.9 Å². The average molecular weight is 482 g/mol. The average Bonchev–Trinajstić information content (AvgIpc) is 3.35. The number of carbonyl (C=O) groups excluding carboxylic acids is 1. The van der Waals surface area contributed by atoms with Crippen molar-refractivity contribution in [3.05, 3.63) is 76.6 Å². The number of rotatable bonds is 4. The van der Waals surface area contributed by atoms with Crippen LogP contribution in [0, 0.1) is 6.92 Å². The van der Waals surface area contributed by atoms with Crippen LogP contribution in [0.3, 0.4) is 0 Å². The minimum Gasteiger partial charge on any atom is -0.321 e. The third-order valence-corrected chi connectivity index (χ3v) is 8.02. The van der Waals surface area contributed by atoms with E-state index in [2.05, 4.69) is 15.4 Å². The third kappa shape index (κ3) is 3.63. The molecule has 0 unspecified atom stereocenters. The van der Waals surface area contributed by atoms with E-state index in [1.165, 1.54) is 28.7 Å². The largest absolute Gasteiger partial charge is 0.321 e. The number of nitrogens with zero attached hydrogens (tertiary/aromatic N) is 4. The SMILES string of the molecule is Cc1nn(C)c2ncc(NC(=O)c3ccc(Cl)c(S(=O)(=O)N4CCc5ccccc54)c3)cc12. The quantitative estimate of drug-likeness (QED) is 0.476. The molecule has 1 aliphatic rings. The van der Waals surface area contributed by atoms with Crippen LogP contribution in [0.15, 0.2) is 59.6 Å². The normalized spacial score (nSPS) is 13.4.